The zero-order valence-electron chi connectivity index (χ0n) is 7.91. The van der Waals surface area contributed by atoms with Crippen LogP contribution in [0.5, 0.6) is 0 Å². The van der Waals surface area contributed by atoms with E-state index < -0.39 is 10.2 Å². The maximum Gasteiger partial charge on any atom is 0.280 e. The van der Waals surface area contributed by atoms with Gasteiger partial charge in [-0.15, -0.1) is 0 Å². The van der Waals surface area contributed by atoms with Gasteiger partial charge in [0.1, 0.15) is 0 Å². The van der Waals surface area contributed by atoms with Crippen LogP contribution in [0.1, 0.15) is 19.3 Å². The van der Waals surface area contributed by atoms with E-state index in [1.807, 2.05) is 0 Å². The van der Waals surface area contributed by atoms with Gasteiger partial charge < -0.3 is 5.32 Å². The molecule has 6 heteroatoms. The molecule has 0 aliphatic carbocycles. The van der Waals surface area contributed by atoms with Gasteiger partial charge in [0, 0.05) is 13.1 Å². The number of hydrogen-bond acceptors (Lipinski definition) is 3. The Morgan fingerprint density at radius 3 is 2.38 bits per heavy atom. The van der Waals surface area contributed by atoms with Crippen LogP contribution in [0.15, 0.2) is 0 Å². The van der Waals surface area contributed by atoms with Crippen LogP contribution in [-0.2, 0) is 10.2 Å². The molecule has 0 amide bonds. The van der Waals surface area contributed by atoms with Gasteiger partial charge in [-0.25, -0.2) is 0 Å². The fraction of sp³-hybridized carbons (Fsp3) is 1.00. The molecular weight excluding hydrogens is 190 g/mol. The predicted molar refractivity (Wildman–Crippen MR) is 51.4 cm³/mol. The van der Waals surface area contributed by atoms with Gasteiger partial charge in [-0.05, 0) is 19.9 Å². The summed E-state index contributed by atoms with van der Waals surface area (Å²) in [6.45, 7) is 1.59. The van der Waals surface area contributed by atoms with Crippen LogP contribution < -0.4 is 10.0 Å². The van der Waals surface area contributed by atoms with Crippen molar-refractivity contribution in [1.29, 1.82) is 0 Å². The van der Waals surface area contributed by atoms with Crippen LogP contribution in [0.4, 0.5) is 0 Å². The van der Waals surface area contributed by atoms with Gasteiger partial charge in [0.05, 0.1) is 6.67 Å². The van der Waals surface area contributed by atoms with Gasteiger partial charge >= 0.3 is 0 Å². The van der Waals surface area contributed by atoms with Crippen molar-refractivity contribution in [3.05, 3.63) is 0 Å². The maximum absolute atomic E-state index is 11.5. The van der Waals surface area contributed by atoms with Crippen LogP contribution in [0, 0.1) is 0 Å². The quantitative estimate of drug-likeness (QED) is 0.610. The minimum absolute atomic E-state index is 0.291. The Bertz CT molecular complexity index is 234. The molecule has 1 fully saturated rings. The molecule has 5 nitrogen and oxygen atoms in total. The van der Waals surface area contributed by atoms with E-state index in [1.165, 1.54) is 4.31 Å². The molecular formula is C7H17N3O2S. The number of nitrogens with one attached hydrogen (secondary N) is 2. The highest BCUT2D eigenvalue weighted by Gasteiger charge is 2.22. The summed E-state index contributed by atoms with van der Waals surface area (Å²) in [5.41, 5.74) is 0. The van der Waals surface area contributed by atoms with Gasteiger partial charge in [-0.3, -0.25) is 0 Å². The molecule has 2 N–H and O–H groups in total. The average Bonchev–Trinajstić information content (AvgIpc) is 2.16. The molecule has 78 valence electrons. The van der Waals surface area contributed by atoms with Crippen molar-refractivity contribution in [3.63, 3.8) is 0 Å². The van der Waals surface area contributed by atoms with E-state index in [4.69, 9.17) is 0 Å². The molecule has 0 atom stereocenters. The molecule has 1 heterocycles. The summed E-state index contributed by atoms with van der Waals surface area (Å²) in [5.74, 6) is 0. The van der Waals surface area contributed by atoms with Crippen molar-refractivity contribution in [3.8, 4) is 0 Å². The number of rotatable bonds is 4. The van der Waals surface area contributed by atoms with Crippen molar-refractivity contribution in [1.82, 2.24) is 14.3 Å². The summed E-state index contributed by atoms with van der Waals surface area (Å²) in [6, 6.07) is 0. The summed E-state index contributed by atoms with van der Waals surface area (Å²) in [7, 11) is -1.52. The lowest BCUT2D eigenvalue weighted by atomic mass is 10.2. The van der Waals surface area contributed by atoms with Gasteiger partial charge in [0.2, 0.25) is 0 Å². The summed E-state index contributed by atoms with van der Waals surface area (Å²) < 4.78 is 27.0. The van der Waals surface area contributed by atoms with Crippen molar-refractivity contribution < 1.29 is 8.42 Å². The molecule has 0 aromatic heterocycles. The molecule has 0 aromatic carbocycles. The zero-order chi connectivity index (χ0) is 9.73. The van der Waals surface area contributed by atoms with Gasteiger partial charge in [0.15, 0.2) is 0 Å². The van der Waals surface area contributed by atoms with Crippen LogP contribution >= 0.6 is 0 Å². The van der Waals surface area contributed by atoms with Crippen LogP contribution in [0.2, 0.25) is 0 Å². The highest BCUT2D eigenvalue weighted by atomic mass is 32.2. The molecule has 0 aromatic rings. The van der Waals surface area contributed by atoms with E-state index in [0.717, 1.165) is 19.3 Å². The van der Waals surface area contributed by atoms with Crippen molar-refractivity contribution in [2.75, 3.05) is 26.8 Å². The summed E-state index contributed by atoms with van der Waals surface area (Å²) in [6.07, 6.45) is 3.08. The first-order chi connectivity index (χ1) is 6.17. The minimum Gasteiger partial charge on any atom is -0.307 e. The third-order valence-corrected chi connectivity index (χ3v) is 3.64. The molecule has 0 saturated carbocycles. The molecule has 0 unspecified atom stereocenters. The normalized spacial score (nSPS) is 20.4. The second-order valence-corrected chi connectivity index (χ2v) is 4.89. The molecule has 1 aliphatic heterocycles. The lowest BCUT2D eigenvalue weighted by molar-refractivity contribution is 0.341. The first kappa shape index (κ1) is 10.9. The Balaban J connectivity index is 2.47. The van der Waals surface area contributed by atoms with E-state index in [9.17, 15) is 8.42 Å². The summed E-state index contributed by atoms with van der Waals surface area (Å²) >= 11 is 0. The number of nitrogens with zero attached hydrogens (tertiary/aromatic N) is 1. The van der Waals surface area contributed by atoms with Crippen LogP contribution in [0.25, 0.3) is 0 Å². The molecule has 1 aliphatic rings. The molecule has 1 rings (SSSR count). The lowest BCUT2D eigenvalue weighted by Crippen LogP contribution is -2.45. The lowest BCUT2D eigenvalue weighted by Gasteiger charge is -2.25. The fourth-order valence-corrected chi connectivity index (χ4v) is 2.61. The van der Waals surface area contributed by atoms with Gasteiger partial charge in [-0.1, -0.05) is 6.42 Å². The van der Waals surface area contributed by atoms with Crippen molar-refractivity contribution >= 4 is 10.2 Å². The Morgan fingerprint density at radius 2 is 1.85 bits per heavy atom. The van der Waals surface area contributed by atoms with Gasteiger partial charge in [0.25, 0.3) is 10.2 Å². The molecule has 0 radical (unpaired) electrons. The first-order valence-electron chi connectivity index (χ1n) is 4.56. The van der Waals surface area contributed by atoms with E-state index >= 15 is 0 Å². The standard InChI is InChI=1S/C7H17N3O2S/c1-8-7-9-13(11,12)10-5-3-2-4-6-10/h8-9H,2-7H2,1H3. The summed E-state index contributed by atoms with van der Waals surface area (Å²) in [4.78, 5) is 0. The molecule has 13 heavy (non-hydrogen) atoms. The second kappa shape index (κ2) is 4.90. The Hall–Kier alpha value is -0.170. The Kier molecular flexibility index (Phi) is 4.11. The molecule has 0 bridgehead atoms. The zero-order valence-corrected chi connectivity index (χ0v) is 8.73. The fourth-order valence-electron chi connectivity index (χ4n) is 1.36. The van der Waals surface area contributed by atoms with E-state index in [1.54, 1.807) is 7.05 Å². The third-order valence-electron chi connectivity index (χ3n) is 2.09. The van der Waals surface area contributed by atoms with Crippen molar-refractivity contribution in [2.45, 2.75) is 19.3 Å². The number of piperidine rings is 1. The highest BCUT2D eigenvalue weighted by Crippen LogP contribution is 2.11. The third kappa shape index (κ3) is 3.22. The van der Waals surface area contributed by atoms with E-state index in [0.29, 0.717) is 19.8 Å². The van der Waals surface area contributed by atoms with E-state index in [-0.39, 0.29) is 0 Å². The topological polar surface area (TPSA) is 61.4 Å². The van der Waals surface area contributed by atoms with E-state index in [2.05, 4.69) is 10.0 Å². The predicted octanol–water partition coefficient (Wildman–Crippen LogP) is -0.516. The van der Waals surface area contributed by atoms with Gasteiger partial charge in [-0.2, -0.15) is 17.4 Å². The largest absolute Gasteiger partial charge is 0.307 e. The minimum atomic E-state index is -3.22. The highest BCUT2D eigenvalue weighted by molar-refractivity contribution is 7.87. The number of hydrogen-bond donors (Lipinski definition) is 2. The molecule has 1 saturated heterocycles. The maximum atomic E-state index is 11.5. The second-order valence-electron chi connectivity index (χ2n) is 3.14. The monoisotopic (exact) mass is 207 g/mol. The van der Waals surface area contributed by atoms with Crippen LogP contribution in [-0.4, -0.2) is 39.5 Å². The smallest absolute Gasteiger partial charge is 0.280 e. The van der Waals surface area contributed by atoms with Crippen molar-refractivity contribution in [2.24, 2.45) is 0 Å². The SMILES string of the molecule is CNCNS(=O)(=O)N1CCCCC1. The average molecular weight is 207 g/mol. The first-order valence-corrected chi connectivity index (χ1v) is 6.00. The Morgan fingerprint density at radius 1 is 1.23 bits per heavy atom. The molecule has 0 spiro atoms. The summed E-state index contributed by atoms with van der Waals surface area (Å²) in [5, 5.41) is 2.75. The van der Waals surface area contributed by atoms with Crippen LogP contribution in [0.3, 0.4) is 0 Å². The Labute approximate surface area is 79.7 Å².